The van der Waals surface area contributed by atoms with Gasteiger partial charge in [0.1, 0.15) is 5.75 Å². The summed E-state index contributed by atoms with van der Waals surface area (Å²) < 4.78 is 5.46. The Balaban J connectivity index is 1.79. The van der Waals surface area contributed by atoms with Crippen LogP contribution in [0.25, 0.3) is 0 Å². The Kier molecular flexibility index (Phi) is 5.27. The highest BCUT2D eigenvalue weighted by Gasteiger charge is 2.28. The van der Waals surface area contributed by atoms with E-state index in [1.165, 1.54) is 25.8 Å². The van der Waals surface area contributed by atoms with E-state index >= 15 is 0 Å². The Hall–Kier alpha value is -1.14. The second-order valence-electron chi connectivity index (χ2n) is 6.49. The van der Waals surface area contributed by atoms with Crippen molar-refractivity contribution in [1.29, 1.82) is 0 Å². The fraction of sp³-hybridized carbons (Fsp3) is 0.400. The van der Waals surface area contributed by atoms with Gasteiger partial charge in [-0.05, 0) is 48.1 Å². The highest BCUT2D eigenvalue weighted by Crippen LogP contribution is 2.45. The highest BCUT2D eigenvalue weighted by molar-refractivity contribution is 8.00. The summed E-state index contributed by atoms with van der Waals surface area (Å²) in [7, 11) is 1.74. The van der Waals surface area contributed by atoms with Gasteiger partial charge in [-0.15, -0.1) is 11.8 Å². The van der Waals surface area contributed by atoms with Gasteiger partial charge in [-0.3, -0.25) is 4.90 Å². The van der Waals surface area contributed by atoms with Crippen LogP contribution in [0.15, 0.2) is 51.1 Å². The van der Waals surface area contributed by atoms with Crippen LogP contribution >= 0.6 is 23.5 Å². The molecule has 0 aliphatic carbocycles. The van der Waals surface area contributed by atoms with Crippen molar-refractivity contribution >= 4 is 23.5 Å². The van der Waals surface area contributed by atoms with E-state index in [1.807, 2.05) is 23.5 Å². The Labute approximate surface area is 158 Å². The molecule has 0 spiro atoms. The molecule has 132 valence electrons. The van der Waals surface area contributed by atoms with Crippen LogP contribution < -0.4 is 10.1 Å². The first-order valence-electron chi connectivity index (χ1n) is 8.76. The van der Waals surface area contributed by atoms with E-state index in [2.05, 4.69) is 52.9 Å². The molecule has 25 heavy (non-hydrogen) atoms. The number of nitrogens with one attached hydrogen (secondary N) is 1. The third-order valence-electron chi connectivity index (χ3n) is 5.08. The normalized spacial score (nSPS) is 20.5. The Bertz CT molecular complexity index is 759. The molecule has 0 aromatic heterocycles. The van der Waals surface area contributed by atoms with Gasteiger partial charge in [0, 0.05) is 46.9 Å². The molecule has 2 aromatic carbocycles. The van der Waals surface area contributed by atoms with Gasteiger partial charge in [-0.2, -0.15) is 0 Å². The van der Waals surface area contributed by atoms with Crippen LogP contribution in [0.1, 0.15) is 17.2 Å². The molecule has 0 saturated carbocycles. The van der Waals surface area contributed by atoms with Gasteiger partial charge >= 0.3 is 0 Å². The van der Waals surface area contributed by atoms with Gasteiger partial charge in [0.05, 0.1) is 7.11 Å². The van der Waals surface area contributed by atoms with Crippen LogP contribution in [0.2, 0.25) is 0 Å². The van der Waals surface area contributed by atoms with Crippen molar-refractivity contribution in [2.45, 2.75) is 27.1 Å². The molecule has 2 heterocycles. The van der Waals surface area contributed by atoms with Crippen LogP contribution in [-0.4, -0.2) is 44.4 Å². The summed E-state index contributed by atoms with van der Waals surface area (Å²) in [6.45, 7) is 4.39. The number of benzene rings is 2. The molecule has 2 aliphatic heterocycles. The molecule has 0 amide bonds. The molecular formula is C20H24N2OS2. The molecule has 4 rings (SSSR count). The molecule has 2 aliphatic rings. The monoisotopic (exact) mass is 372 g/mol. The number of hydrogen-bond acceptors (Lipinski definition) is 5. The van der Waals surface area contributed by atoms with Gasteiger partial charge in [0.15, 0.2) is 0 Å². The van der Waals surface area contributed by atoms with Crippen molar-refractivity contribution in [3.05, 3.63) is 47.5 Å². The van der Waals surface area contributed by atoms with E-state index in [4.69, 9.17) is 4.74 Å². The van der Waals surface area contributed by atoms with Crippen LogP contribution in [0.4, 0.5) is 0 Å². The molecule has 1 saturated heterocycles. The lowest BCUT2D eigenvalue weighted by Gasteiger charge is -2.35. The van der Waals surface area contributed by atoms with Crippen LogP contribution in [0, 0.1) is 0 Å². The minimum absolute atomic E-state index is 0.454. The summed E-state index contributed by atoms with van der Waals surface area (Å²) in [6, 6.07) is 14.0. The zero-order chi connectivity index (χ0) is 17.2. The van der Waals surface area contributed by atoms with E-state index in [-0.39, 0.29) is 0 Å². The predicted octanol–water partition coefficient (Wildman–Crippen LogP) is 4.07. The molecular weight excluding hydrogens is 348 g/mol. The first kappa shape index (κ1) is 17.3. The van der Waals surface area contributed by atoms with E-state index in [0.717, 1.165) is 38.3 Å². The largest absolute Gasteiger partial charge is 0.497 e. The summed E-state index contributed by atoms with van der Waals surface area (Å²) in [4.78, 5) is 6.70. The van der Waals surface area contributed by atoms with E-state index in [9.17, 15) is 0 Å². The van der Waals surface area contributed by atoms with Gasteiger partial charge in [-0.1, -0.05) is 23.9 Å². The van der Waals surface area contributed by atoms with Crippen LogP contribution in [0.3, 0.4) is 0 Å². The second-order valence-corrected chi connectivity index (χ2v) is 8.45. The first-order valence-corrected chi connectivity index (χ1v) is 10.8. The highest BCUT2D eigenvalue weighted by atomic mass is 32.2. The van der Waals surface area contributed by atoms with Gasteiger partial charge < -0.3 is 10.1 Å². The van der Waals surface area contributed by atoms with Gasteiger partial charge in [-0.25, -0.2) is 0 Å². The predicted molar refractivity (Wildman–Crippen MR) is 106 cm³/mol. The smallest absolute Gasteiger partial charge is 0.120 e. The zero-order valence-electron chi connectivity index (χ0n) is 14.7. The fourth-order valence-electron chi connectivity index (χ4n) is 3.69. The second kappa shape index (κ2) is 7.62. The van der Waals surface area contributed by atoms with Crippen molar-refractivity contribution < 1.29 is 4.74 Å². The third kappa shape index (κ3) is 3.56. The van der Waals surface area contributed by atoms with Crippen molar-refractivity contribution in [2.24, 2.45) is 0 Å². The number of nitrogens with zero attached hydrogens (tertiary/aromatic N) is 1. The van der Waals surface area contributed by atoms with Gasteiger partial charge in [0.25, 0.3) is 0 Å². The maximum absolute atomic E-state index is 5.46. The van der Waals surface area contributed by atoms with Crippen molar-refractivity contribution in [3.8, 4) is 5.75 Å². The van der Waals surface area contributed by atoms with Crippen molar-refractivity contribution in [2.75, 3.05) is 39.5 Å². The fourth-order valence-corrected chi connectivity index (χ4v) is 5.40. The van der Waals surface area contributed by atoms with Crippen LogP contribution in [-0.2, 0) is 6.42 Å². The Morgan fingerprint density at radius 3 is 2.72 bits per heavy atom. The lowest BCUT2D eigenvalue weighted by molar-refractivity contribution is 0.170. The number of thioether (sulfide) groups is 1. The molecule has 1 fully saturated rings. The molecule has 1 N–H and O–H groups in total. The molecule has 1 atom stereocenters. The lowest BCUT2D eigenvalue weighted by Crippen LogP contribution is -2.45. The average molecular weight is 373 g/mol. The molecule has 0 radical (unpaired) electrons. The van der Waals surface area contributed by atoms with E-state index in [1.54, 1.807) is 7.11 Å². The standard InChI is InChI=1S/C20H24N2OS2/c1-23-15-4-3-14-11-18(22-9-7-21-8-10-22)17-6-5-16(24-2)13-20(17)25-19(14)12-15/h3-6,12-13,18,21H,7-11H2,1-2H3. The van der Waals surface area contributed by atoms with Crippen LogP contribution in [0.5, 0.6) is 5.75 Å². The number of methoxy groups -OCH3 is 1. The SMILES string of the molecule is COc1ccc2c(c1)Sc1cc(SC)ccc1C(N1CCNCC1)C2. The first-order chi connectivity index (χ1) is 12.3. The molecule has 0 bridgehead atoms. The quantitative estimate of drug-likeness (QED) is 0.819. The molecule has 2 aromatic rings. The molecule has 3 nitrogen and oxygen atoms in total. The minimum atomic E-state index is 0.454. The summed E-state index contributed by atoms with van der Waals surface area (Å²) in [5, 5.41) is 3.48. The lowest BCUT2D eigenvalue weighted by atomic mass is 9.96. The molecule has 5 heteroatoms. The minimum Gasteiger partial charge on any atom is -0.497 e. The van der Waals surface area contributed by atoms with Crippen molar-refractivity contribution in [3.63, 3.8) is 0 Å². The number of rotatable bonds is 3. The Morgan fingerprint density at radius 2 is 1.96 bits per heavy atom. The third-order valence-corrected chi connectivity index (χ3v) is 6.98. The Morgan fingerprint density at radius 1 is 1.12 bits per heavy atom. The summed E-state index contributed by atoms with van der Waals surface area (Å²) in [5.74, 6) is 0.939. The van der Waals surface area contributed by atoms with Gasteiger partial charge in [0.2, 0.25) is 0 Å². The maximum Gasteiger partial charge on any atom is 0.120 e. The summed E-state index contributed by atoms with van der Waals surface area (Å²) in [5.41, 5.74) is 2.90. The van der Waals surface area contributed by atoms with Crippen molar-refractivity contribution in [1.82, 2.24) is 10.2 Å². The summed E-state index contributed by atoms with van der Waals surface area (Å²) in [6.07, 6.45) is 3.21. The molecule has 1 unspecified atom stereocenters. The zero-order valence-corrected chi connectivity index (χ0v) is 16.4. The number of piperazine rings is 1. The van der Waals surface area contributed by atoms with E-state index < -0.39 is 0 Å². The number of fused-ring (bicyclic) bond motifs is 2. The number of hydrogen-bond donors (Lipinski definition) is 1. The topological polar surface area (TPSA) is 24.5 Å². The maximum atomic E-state index is 5.46. The van der Waals surface area contributed by atoms with E-state index in [0.29, 0.717) is 6.04 Å². The summed E-state index contributed by atoms with van der Waals surface area (Å²) >= 11 is 3.71. The average Bonchev–Trinajstić information content (AvgIpc) is 2.83. The number of ether oxygens (including phenoxy) is 1.